The number of rotatable bonds is 2. The molecule has 0 saturated heterocycles. The molecule has 2 heteroatoms. The van der Waals surface area contributed by atoms with Gasteiger partial charge in [-0.2, -0.15) is 0 Å². The fourth-order valence-corrected chi connectivity index (χ4v) is 1.65. The van der Waals surface area contributed by atoms with E-state index in [4.69, 9.17) is 5.73 Å². The molecule has 2 N–H and O–H groups in total. The van der Waals surface area contributed by atoms with Crippen molar-refractivity contribution in [3.05, 3.63) is 59.9 Å². The van der Waals surface area contributed by atoms with Gasteiger partial charge in [0.25, 0.3) is 0 Å². The molecule has 15 heavy (non-hydrogen) atoms. The van der Waals surface area contributed by atoms with E-state index in [1.807, 2.05) is 18.2 Å². The second-order valence-corrected chi connectivity index (χ2v) is 3.80. The van der Waals surface area contributed by atoms with Crippen LogP contribution in [0.1, 0.15) is 11.1 Å². The van der Waals surface area contributed by atoms with Gasteiger partial charge in [0.15, 0.2) is 18.9 Å². The fourth-order valence-electron chi connectivity index (χ4n) is 1.65. The number of nitrogens with zero attached hydrogens (tertiary/aromatic N) is 1. The van der Waals surface area contributed by atoms with E-state index in [0.717, 1.165) is 12.2 Å². The van der Waals surface area contributed by atoms with Gasteiger partial charge in [0.2, 0.25) is 0 Å². The molecule has 0 aliphatic carbocycles. The van der Waals surface area contributed by atoms with Crippen LogP contribution < -0.4 is 10.3 Å². The molecule has 0 amide bonds. The lowest BCUT2D eigenvalue weighted by atomic mass is 10.2. The third-order valence-electron chi connectivity index (χ3n) is 2.32. The molecular formula is C13H15N2+. The van der Waals surface area contributed by atoms with Crippen LogP contribution in [0.5, 0.6) is 0 Å². The average Bonchev–Trinajstić information content (AvgIpc) is 2.17. The molecule has 2 nitrogen and oxygen atoms in total. The van der Waals surface area contributed by atoms with E-state index in [0.29, 0.717) is 0 Å². The number of hydrogen-bond donors (Lipinski definition) is 1. The predicted molar refractivity (Wildman–Crippen MR) is 61.3 cm³/mol. The number of anilines is 1. The molecule has 0 aliphatic heterocycles. The lowest BCUT2D eigenvalue weighted by Crippen LogP contribution is -2.33. The van der Waals surface area contributed by atoms with Gasteiger partial charge in [-0.05, 0) is 25.1 Å². The van der Waals surface area contributed by atoms with Crippen LogP contribution in [0, 0.1) is 6.92 Å². The second kappa shape index (κ2) is 4.13. The zero-order valence-electron chi connectivity index (χ0n) is 8.85. The Balaban J connectivity index is 2.22. The van der Waals surface area contributed by atoms with E-state index in [2.05, 4.69) is 42.1 Å². The Kier molecular flexibility index (Phi) is 2.68. The van der Waals surface area contributed by atoms with E-state index < -0.39 is 0 Å². The molecule has 2 rings (SSSR count). The second-order valence-electron chi connectivity index (χ2n) is 3.80. The number of nitrogens with two attached hydrogens (primary N) is 1. The third kappa shape index (κ3) is 2.56. The maximum atomic E-state index is 5.73. The molecule has 0 radical (unpaired) electrons. The molecule has 2 aromatic rings. The molecule has 0 atom stereocenters. The average molecular weight is 199 g/mol. The van der Waals surface area contributed by atoms with Crippen molar-refractivity contribution < 1.29 is 4.57 Å². The molecule has 0 unspecified atom stereocenters. The molecule has 1 aromatic heterocycles. The number of aromatic nitrogens is 1. The summed E-state index contributed by atoms with van der Waals surface area (Å²) in [7, 11) is 0. The smallest absolute Gasteiger partial charge is 0.173 e. The molecule has 0 bridgehead atoms. The monoisotopic (exact) mass is 199 g/mol. The van der Waals surface area contributed by atoms with Gasteiger partial charge in [-0.1, -0.05) is 12.1 Å². The molecular weight excluding hydrogens is 184 g/mol. The highest BCUT2D eigenvalue weighted by atomic mass is 14.9. The largest absolute Gasteiger partial charge is 0.399 e. The Morgan fingerprint density at radius 2 is 2.07 bits per heavy atom. The van der Waals surface area contributed by atoms with Crippen LogP contribution in [0.3, 0.4) is 0 Å². The van der Waals surface area contributed by atoms with Gasteiger partial charge in [0.1, 0.15) is 0 Å². The van der Waals surface area contributed by atoms with Gasteiger partial charge in [0.05, 0.1) is 0 Å². The predicted octanol–water partition coefficient (Wildman–Crippen LogP) is 1.91. The van der Waals surface area contributed by atoms with Crippen LogP contribution in [0.4, 0.5) is 5.69 Å². The number of pyridine rings is 1. The summed E-state index contributed by atoms with van der Waals surface area (Å²) in [6.07, 6.45) is 4.19. The van der Waals surface area contributed by atoms with Crippen molar-refractivity contribution in [3.63, 3.8) is 0 Å². The summed E-state index contributed by atoms with van der Waals surface area (Å²) in [5.74, 6) is 0. The van der Waals surface area contributed by atoms with Crippen LogP contribution in [0.15, 0.2) is 48.8 Å². The Morgan fingerprint density at radius 3 is 2.80 bits per heavy atom. The van der Waals surface area contributed by atoms with E-state index in [1.54, 1.807) is 0 Å². The van der Waals surface area contributed by atoms with Crippen molar-refractivity contribution in [1.82, 2.24) is 0 Å². The van der Waals surface area contributed by atoms with Crippen LogP contribution in [0.2, 0.25) is 0 Å². The van der Waals surface area contributed by atoms with Crippen molar-refractivity contribution in [2.24, 2.45) is 0 Å². The standard InChI is InChI=1S/C13H15N2/c1-11-4-3-7-15(9-11)10-12-5-2-6-13(14)8-12/h2-9H,10,14H2,1H3/q+1. The highest BCUT2D eigenvalue weighted by molar-refractivity contribution is 5.40. The molecule has 1 aromatic carbocycles. The van der Waals surface area contributed by atoms with Crippen LogP contribution in [0.25, 0.3) is 0 Å². The molecule has 1 heterocycles. The van der Waals surface area contributed by atoms with E-state index in [1.165, 1.54) is 11.1 Å². The zero-order chi connectivity index (χ0) is 10.7. The van der Waals surface area contributed by atoms with Crippen molar-refractivity contribution in [1.29, 1.82) is 0 Å². The Bertz CT molecular complexity index is 420. The van der Waals surface area contributed by atoms with Gasteiger partial charge in [0, 0.05) is 22.9 Å². The first-order chi connectivity index (χ1) is 7.24. The third-order valence-corrected chi connectivity index (χ3v) is 2.32. The summed E-state index contributed by atoms with van der Waals surface area (Å²) < 4.78 is 2.16. The molecule has 0 aliphatic rings. The van der Waals surface area contributed by atoms with Crippen molar-refractivity contribution >= 4 is 5.69 Å². The number of hydrogen-bond acceptors (Lipinski definition) is 1. The number of nitrogen functional groups attached to an aromatic ring is 1. The maximum absolute atomic E-state index is 5.73. The van der Waals surface area contributed by atoms with Crippen LogP contribution in [-0.4, -0.2) is 0 Å². The van der Waals surface area contributed by atoms with E-state index in [9.17, 15) is 0 Å². The minimum atomic E-state index is 0.820. The lowest BCUT2D eigenvalue weighted by molar-refractivity contribution is -0.688. The van der Waals surface area contributed by atoms with Gasteiger partial charge in [-0.3, -0.25) is 0 Å². The Morgan fingerprint density at radius 1 is 1.20 bits per heavy atom. The highest BCUT2D eigenvalue weighted by Gasteiger charge is 2.02. The molecule has 0 spiro atoms. The van der Waals surface area contributed by atoms with Crippen molar-refractivity contribution in [2.45, 2.75) is 13.5 Å². The summed E-state index contributed by atoms with van der Waals surface area (Å²) in [5.41, 5.74) is 9.05. The Labute approximate surface area is 90.0 Å². The van der Waals surface area contributed by atoms with E-state index in [-0.39, 0.29) is 0 Å². The fraction of sp³-hybridized carbons (Fsp3) is 0.154. The molecule has 0 saturated carbocycles. The summed E-state index contributed by atoms with van der Waals surface area (Å²) in [5, 5.41) is 0. The lowest BCUT2D eigenvalue weighted by Gasteiger charge is -1.99. The van der Waals surface area contributed by atoms with Gasteiger partial charge in [-0.15, -0.1) is 0 Å². The minimum absolute atomic E-state index is 0.820. The first-order valence-corrected chi connectivity index (χ1v) is 5.04. The molecule has 0 fully saturated rings. The SMILES string of the molecule is Cc1ccc[n+](Cc2cccc(N)c2)c1. The first kappa shape index (κ1) is 9.71. The summed E-state index contributed by atoms with van der Waals surface area (Å²) in [6.45, 7) is 2.96. The van der Waals surface area contributed by atoms with Crippen molar-refractivity contribution in [3.8, 4) is 0 Å². The number of aryl methyl sites for hydroxylation is 1. The van der Waals surface area contributed by atoms with Crippen molar-refractivity contribution in [2.75, 3.05) is 5.73 Å². The van der Waals surface area contributed by atoms with Crippen LogP contribution >= 0.6 is 0 Å². The summed E-state index contributed by atoms with van der Waals surface area (Å²) >= 11 is 0. The molecule has 76 valence electrons. The zero-order valence-corrected chi connectivity index (χ0v) is 8.85. The minimum Gasteiger partial charge on any atom is -0.399 e. The number of benzene rings is 1. The van der Waals surface area contributed by atoms with Crippen LogP contribution in [-0.2, 0) is 6.54 Å². The highest BCUT2D eigenvalue weighted by Crippen LogP contribution is 2.05. The normalized spacial score (nSPS) is 10.2. The summed E-state index contributed by atoms with van der Waals surface area (Å²) in [4.78, 5) is 0. The quantitative estimate of drug-likeness (QED) is 0.581. The topological polar surface area (TPSA) is 29.9 Å². The first-order valence-electron chi connectivity index (χ1n) is 5.04. The maximum Gasteiger partial charge on any atom is 0.173 e. The van der Waals surface area contributed by atoms with Gasteiger partial charge >= 0.3 is 0 Å². The van der Waals surface area contributed by atoms with Gasteiger partial charge < -0.3 is 5.73 Å². The summed E-state index contributed by atoms with van der Waals surface area (Å²) in [6, 6.07) is 12.1. The van der Waals surface area contributed by atoms with Gasteiger partial charge in [-0.25, -0.2) is 4.57 Å². The van der Waals surface area contributed by atoms with E-state index >= 15 is 0 Å². The Hall–Kier alpha value is -1.83.